The fraction of sp³-hybridized carbons (Fsp3) is 0.158. The molecule has 1 fully saturated rings. The molecule has 1 aliphatic heterocycles. The predicted octanol–water partition coefficient (Wildman–Crippen LogP) is 5.52. The third kappa shape index (κ3) is 3.04. The lowest BCUT2D eigenvalue weighted by molar-refractivity contribution is 0.474. The van der Waals surface area contributed by atoms with E-state index in [0.717, 1.165) is 40.7 Å². The van der Waals surface area contributed by atoms with E-state index in [-0.39, 0.29) is 0 Å². The zero-order chi connectivity index (χ0) is 17.4. The molecule has 25 heavy (non-hydrogen) atoms. The van der Waals surface area contributed by atoms with Gasteiger partial charge < -0.3 is 9.64 Å². The first kappa shape index (κ1) is 16.2. The summed E-state index contributed by atoms with van der Waals surface area (Å²) < 4.78 is 7.02. The van der Waals surface area contributed by atoms with Crippen molar-refractivity contribution in [2.45, 2.75) is 6.42 Å². The summed E-state index contributed by atoms with van der Waals surface area (Å²) in [5.74, 6) is 1.94. The minimum atomic E-state index is 0.539. The predicted molar refractivity (Wildman–Crippen MR) is 103 cm³/mol. The fourth-order valence-electron chi connectivity index (χ4n) is 2.72. The molecular formula is C19H13BrClN3O. The number of nitrogens with zero attached hydrogens (tertiary/aromatic N) is 3. The van der Waals surface area contributed by atoms with Crippen LogP contribution in [0, 0.1) is 11.3 Å². The van der Waals surface area contributed by atoms with E-state index in [9.17, 15) is 0 Å². The molecule has 0 radical (unpaired) electrons. The van der Waals surface area contributed by atoms with Crippen LogP contribution >= 0.6 is 27.5 Å². The van der Waals surface area contributed by atoms with E-state index in [1.165, 1.54) is 0 Å². The molecule has 0 aliphatic carbocycles. The molecule has 6 heteroatoms. The van der Waals surface area contributed by atoms with Crippen molar-refractivity contribution >= 4 is 44.3 Å². The summed E-state index contributed by atoms with van der Waals surface area (Å²) in [6, 6.07) is 14.9. The van der Waals surface area contributed by atoms with Gasteiger partial charge in [0.2, 0.25) is 0 Å². The normalized spacial score (nSPS) is 13.4. The Hall–Kier alpha value is -2.29. The van der Waals surface area contributed by atoms with Gasteiger partial charge in [-0.15, -0.1) is 0 Å². The highest BCUT2D eigenvalue weighted by atomic mass is 79.9. The van der Waals surface area contributed by atoms with E-state index in [1.54, 1.807) is 24.3 Å². The van der Waals surface area contributed by atoms with E-state index >= 15 is 0 Å². The van der Waals surface area contributed by atoms with Crippen LogP contribution in [0.15, 0.2) is 46.9 Å². The summed E-state index contributed by atoms with van der Waals surface area (Å²) in [5, 5.41) is 10.3. The highest BCUT2D eigenvalue weighted by molar-refractivity contribution is 9.10. The van der Waals surface area contributed by atoms with Crippen LogP contribution in [0.4, 0.5) is 5.82 Å². The van der Waals surface area contributed by atoms with E-state index in [0.29, 0.717) is 22.1 Å². The number of aromatic nitrogens is 1. The van der Waals surface area contributed by atoms with Gasteiger partial charge >= 0.3 is 0 Å². The fourth-order valence-corrected chi connectivity index (χ4v) is 3.35. The van der Waals surface area contributed by atoms with E-state index in [1.807, 2.05) is 18.2 Å². The number of benzene rings is 2. The molecule has 124 valence electrons. The molecule has 3 aromatic rings. The molecule has 2 heterocycles. The lowest BCUT2D eigenvalue weighted by Crippen LogP contribution is -2.37. The Morgan fingerprint density at radius 2 is 1.92 bits per heavy atom. The van der Waals surface area contributed by atoms with Gasteiger partial charge in [-0.1, -0.05) is 27.5 Å². The van der Waals surface area contributed by atoms with Gasteiger partial charge in [0.15, 0.2) is 11.6 Å². The standard InChI is InChI=1S/C19H13BrClN3O/c20-13-4-7-16-15(10-13)17(21)18(19(23-16)24-8-1-9-24)25-14-5-2-12(11-22)3-6-14/h2-7,10H,1,8-9H2. The monoisotopic (exact) mass is 413 g/mol. The first-order valence-corrected chi connectivity index (χ1v) is 9.04. The minimum Gasteiger partial charge on any atom is -0.452 e. The number of anilines is 1. The lowest BCUT2D eigenvalue weighted by atomic mass is 10.1. The van der Waals surface area contributed by atoms with Gasteiger partial charge in [-0.2, -0.15) is 5.26 Å². The van der Waals surface area contributed by atoms with Gasteiger partial charge in [0.1, 0.15) is 5.75 Å². The first-order valence-electron chi connectivity index (χ1n) is 7.87. The lowest BCUT2D eigenvalue weighted by Gasteiger charge is -2.33. The summed E-state index contributed by atoms with van der Waals surface area (Å²) in [6.45, 7) is 1.88. The number of nitriles is 1. The number of pyridine rings is 1. The molecular weight excluding hydrogens is 402 g/mol. The zero-order valence-electron chi connectivity index (χ0n) is 13.2. The molecule has 0 unspecified atom stereocenters. The maximum atomic E-state index is 8.93. The second-order valence-electron chi connectivity index (χ2n) is 5.82. The molecule has 0 saturated carbocycles. The van der Waals surface area contributed by atoms with Gasteiger partial charge in [0, 0.05) is 22.9 Å². The van der Waals surface area contributed by atoms with Gasteiger partial charge in [0.25, 0.3) is 0 Å². The van der Waals surface area contributed by atoms with Gasteiger partial charge in [-0.25, -0.2) is 4.98 Å². The van der Waals surface area contributed by atoms with Crippen molar-refractivity contribution in [1.29, 1.82) is 5.26 Å². The topological polar surface area (TPSA) is 49.1 Å². The average molecular weight is 415 g/mol. The molecule has 4 nitrogen and oxygen atoms in total. The molecule has 0 bridgehead atoms. The Balaban J connectivity index is 1.84. The number of rotatable bonds is 3. The quantitative estimate of drug-likeness (QED) is 0.566. The second-order valence-corrected chi connectivity index (χ2v) is 7.11. The number of hydrogen-bond acceptors (Lipinski definition) is 4. The van der Waals surface area contributed by atoms with Crippen LogP contribution in [-0.4, -0.2) is 18.1 Å². The Kier molecular flexibility index (Phi) is 4.24. The molecule has 1 aromatic heterocycles. The summed E-state index contributed by atoms with van der Waals surface area (Å²) in [6.07, 6.45) is 1.13. The maximum absolute atomic E-state index is 8.93. The van der Waals surface area contributed by atoms with Crippen LogP contribution in [-0.2, 0) is 0 Å². The molecule has 0 spiro atoms. The Morgan fingerprint density at radius 1 is 1.16 bits per heavy atom. The van der Waals surface area contributed by atoms with Crippen LogP contribution in [0.2, 0.25) is 5.02 Å². The van der Waals surface area contributed by atoms with Gasteiger partial charge in [-0.05, 0) is 48.9 Å². The van der Waals surface area contributed by atoms with Crippen LogP contribution in [0.25, 0.3) is 10.9 Å². The Bertz CT molecular complexity index is 994. The molecule has 0 N–H and O–H groups in total. The summed E-state index contributed by atoms with van der Waals surface area (Å²) in [7, 11) is 0. The number of hydrogen-bond donors (Lipinski definition) is 0. The SMILES string of the molecule is N#Cc1ccc(Oc2c(N3CCC3)nc3ccc(Br)cc3c2Cl)cc1. The summed E-state index contributed by atoms with van der Waals surface area (Å²) in [5.41, 5.74) is 1.42. The van der Waals surface area contributed by atoms with Crippen LogP contribution < -0.4 is 9.64 Å². The van der Waals surface area contributed by atoms with Crippen molar-refractivity contribution < 1.29 is 4.74 Å². The largest absolute Gasteiger partial charge is 0.452 e. The molecule has 2 aromatic carbocycles. The molecule has 4 rings (SSSR count). The van der Waals surface area contributed by atoms with E-state index in [4.69, 9.17) is 26.6 Å². The second kappa shape index (κ2) is 6.55. The highest BCUT2D eigenvalue weighted by Gasteiger charge is 2.24. The Labute approximate surface area is 158 Å². The zero-order valence-corrected chi connectivity index (χ0v) is 15.5. The number of ether oxygens (including phenoxy) is 1. The first-order chi connectivity index (χ1) is 12.2. The molecule has 1 saturated heterocycles. The number of halogens is 2. The van der Waals surface area contributed by atoms with Crippen molar-refractivity contribution in [2.75, 3.05) is 18.0 Å². The van der Waals surface area contributed by atoms with Crippen molar-refractivity contribution in [1.82, 2.24) is 4.98 Å². The van der Waals surface area contributed by atoms with Crippen molar-refractivity contribution in [3.05, 3.63) is 57.5 Å². The van der Waals surface area contributed by atoms with Gasteiger partial charge in [0.05, 0.1) is 22.2 Å². The molecule has 0 atom stereocenters. The highest BCUT2D eigenvalue weighted by Crippen LogP contribution is 2.43. The Morgan fingerprint density at radius 3 is 2.56 bits per heavy atom. The van der Waals surface area contributed by atoms with Crippen molar-refractivity contribution in [3.8, 4) is 17.6 Å². The summed E-state index contributed by atoms with van der Waals surface area (Å²) in [4.78, 5) is 6.93. The smallest absolute Gasteiger partial charge is 0.189 e. The van der Waals surface area contributed by atoms with Gasteiger partial charge in [-0.3, -0.25) is 0 Å². The van der Waals surface area contributed by atoms with E-state index < -0.39 is 0 Å². The third-order valence-corrected chi connectivity index (χ3v) is 5.05. The van der Waals surface area contributed by atoms with Crippen LogP contribution in [0.5, 0.6) is 11.5 Å². The number of fused-ring (bicyclic) bond motifs is 1. The molecule has 0 amide bonds. The van der Waals surface area contributed by atoms with Crippen LogP contribution in [0.1, 0.15) is 12.0 Å². The summed E-state index contributed by atoms with van der Waals surface area (Å²) >= 11 is 10.2. The van der Waals surface area contributed by atoms with E-state index in [2.05, 4.69) is 26.9 Å². The maximum Gasteiger partial charge on any atom is 0.189 e. The van der Waals surface area contributed by atoms with Crippen LogP contribution in [0.3, 0.4) is 0 Å². The average Bonchev–Trinajstić information content (AvgIpc) is 2.58. The molecule has 1 aliphatic rings. The minimum absolute atomic E-state index is 0.539. The third-order valence-electron chi connectivity index (χ3n) is 4.18. The van der Waals surface area contributed by atoms with Crippen molar-refractivity contribution in [3.63, 3.8) is 0 Å². The van der Waals surface area contributed by atoms with Crippen molar-refractivity contribution in [2.24, 2.45) is 0 Å².